The van der Waals surface area contributed by atoms with E-state index in [9.17, 15) is 4.79 Å². The molecule has 1 N–H and O–H groups in total. The Bertz CT molecular complexity index is 213. The Labute approximate surface area is 79.5 Å². The summed E-state index contributed by atoms with van der Waals surface area (Å²) in [5, 5.41) is 3.43. The van der Waals surface area contributed by atoms with Gasteiger partial charge in [-0.15, -0.1) is 0 Å². The molecule has 13 heavy (non-hydrogen) atoms. The van der Waals surface area contributed by atoms with Crippen LogP contribution in [-0.2, 0) is 4.79 Å². The highest BCUT2D eigenvalue weighted by atomic mass is 16.2. The summed E-state index contributed by atoms with van der Waals surface area (Å²) < 4.78 is 0. The molecule has 0 aromatic heterocycles. The fraction of sp³-hybridized carbons (Fsp3) is 0.900. The maximum absolute atomic E-state index is 11.5. The number of amides is 1. The molecule has 3 heteroatoms. The third-order valence-electron chi connectivity index (χ3n) is 3.22. The quantitative estimate of drug-likeness (QED) is 0.693. The molecular weight excluding hydrogens is 164 g/mol. The van der Waals surface area contributed by atoms with Crippen molar-refractivity contribution in [3.63, 3.8) is 0 Å². The van der Waals surface area contributed by atoms with Crippen molar-refractivity contribution in [1.29, 1.82) is 0 Å². The monoisotopic (exact) mass is 182 g/mol. The van der Waals surface area contributed by atoms with Gasteiger partial charge < -0.3 is 10.2 Å². The lowest BCUT2D eigenvalue weighted by Crippen LogP contribution is -2.42. The summed E-state index contributed by atoms with van der Waals surface area (Å²) in [5.41, 5.74) is 0. The molecule has 3 nitrogen and oxygen atoms in total. The average molecular weight is 182 g/mol. The number of hydrogen-bond donors (Lipinski definition) is 1. The number of carbonyl (C=O) groups excluding carboxylic acids is 1. The first kappa shape index (κ1) is 9.00. The van der Waals surface area contributed by atoms with Crippen LogP contribution in [0.4, 0.5) is 0 Å². The Morgan fingerprint density at radius 1 is 1.46 bits per heavy atom. The molecule has 0 aromatic carbocycles. The molecule has 1 saturated heterocycles. The molecule has 74 valence electrons. The number of likely N-dealkylation sites (tertiary alicyclic amines) is 1. The van der Waals surface area contributed by atoms with Crippen LogP contribution in [0.25, 0.3) is 0 Å². The SMILES string of the molecule is CC(NC1CCN(C)C1=O)C1CC1. The van der Waals surface area contributed by atoms with Gasteiger partial charge in [-0.25, -0.2) is 0 Å². The third-order valence-corrected chi connectivity index (χ3v) is 3.22. The molecule has 0 spiro atoms. The van der Waals surface area contributed by atoms with Gasteiger partial charge in [0.1, 0.15) is 0 Å². The zero-order valence-corrected chi connectivity index (χ0v) is 8.42. The van der Waals surface area contributed by atoms with Crippen LogP contribution in [0.3, 0.4) is 0 Å². The van der Waals surface area contributed by atoms with Gasteiger partial charge in [-0.05, 0) is 32.1 Å². The summed E-state index contributed by atoms with van der Waals surface area (Å²) in [4.78, 5) is 13.4. The third kappa shape index (κ3) is 1.85. The van der Waals surface area contributed by atoms with Gasteiger partial charge in [0.25, 0.3) is 0 Å². The number of nitrogens with zero attached hydrogens (tertiary/aromatic N) is 1. The van der Waals surface area contributed by atoms with E-state index in [1.54, 1.807) is 0 Å². The predicted octanol–water partition coefficient (Wildman–Crippen LogP) is 0.605. The molecule has 0 bridgehead atoms. The fourth-order valence-corrected chi connectivity index (χ4v) is 2.03. The van der Waals surface area contributed by atoms with E-state index < -0.39 is 0 Å². The molecule has 0 radical (unpaired) electrons. The van der Waals surface area contributed by atoms with Gasteiger partial charge in [-0.1, -0.05) is 0 Å². The summed E-state index contributed by atoms with van der Waals surface area (Å²) in [6.45, 7) is 3.11. The van der Waals surface area contributed by atoms with Crippen molar-refractivity contribution in [2.75, 3.05) is 13.6 Å². The van der Waals surface area contributed by atoms with Crippen LogP contribution in [0.5, 0.6) is 0 Å². The minimum absolute atomic E-state index is 0.0978. The lowest BCUT2D eigenvalue weighted by Gasteiger charge is -2.17. The number of nitrogens with one attached hydrogen (secondary N) is 1. The van der Waals surface area contributed by atoms with Crippen molar-refractivity contribution in [1.82, 2.24) is 10.2 Å². The van der Waals surface area contributed by atoms with Crippen LogP contribution in [0.2, 0.25) is 0 Å². The van der Waals surface area contributed by atoms with Crippen molar-refractivity contribution in [2.45, 2.75) is 38.3 Å². The lowest BCUT2D eigenvalue weighted by atomic mass is 10.1. The summed E-state index contributed by atoms with van der Waals surface area (Å²) in [5.74, 6) is 1.10. The van der Waals surface area contributed by atoms with E-state index in [2.05, 4.69) is 12.2 Å². The first-order valence-electron chi connectivity index (χ1n) is 5.19. The maximum atomic E-state index is 11.5. The Hall–Kier alpha value is -0.570. The van der Waals surface area contributed by atoms with Gasteiger partial charge in [0.2, 0.25) is 5.91 Å². The minimum atomic E-state index is 0.0978. The largest absolute Gasteiger partial charge is 0.344 e. The predicted molar refractivity (Wildman–Crippen MR) is 51.4 cm³/mol. The summed E-state index contributed by atoms with van der Waals surface area (Å²) in [6.07, 6.45) is 3.65. The van der Waals surface area contributed by atoms with E-state index >= 15 is 0 Å². The average Bonchev–Trinajstić information content (AvgIpc) is 2.89. The molecule has 1 aliphatic heterocycles. The number of carbonyl (C=O) groups is 1. The number of rotatable bonds is 3. The van der Waals surface area contributed by atoms with E-state index in [0.717, 1.165) is 18.9 Å². The second-order valence-corrected chi connectivity index (χ2v) is 4.39. The Balaban J connectivity index is 1.84. The standard InChI is InChI=1S/C10H18N2O/c1-7(8-3-4-8)11-9-5-6-12(2)10(9)13/h7-9,11H,3-6H2,1-2H3. The van der Waals surface area contributed by atoms with Crippen LogP contribution >= 0.6 is 0 Å². The number of likely N-dealkylation sites (N-methyl/N-ethyl adjacent to an activating group) is 1. The molecule has 2 atom stereocenters. The van der Waals surface area contributed by atoms with Gasteiger partial charge >= 0.3 is 0 Å². The normalized spacial score (nSPS) is 31.1. The lowest BCUT2D eigenvalue weighted by molar-refractivity contribution is -0.128. The van der Waals surface area contributed by atoms with Gasteiger partial charge in [0.05, 0.1) is 6.04 Å². The molecule has 0 aromatic rings. The maximum Gasteiger partial charge on any atom is 0.239 e. The van der Waals surface area contributed by atoms with Crippen molar-refractivity contribution in [3.8, 4) is 0 Å². The molecule has 1 heterocycles. The number of hydrogen-bond acceptors (Lipinski definition) is 2. The van der Waals surface area contributed by atoms with Crippen molar-refractivity contribution < 1.29 is 4.79 Å². The molecular formula is C10H18N2O. The second-order valence-electron chi connectivity index (χ2n) is 4.39. The van der Waals surface area contributed by atoms with Crippen molar-refractivity contribution in [3.05, 3.63) is 0 Å². The van der Waals surface area contributed by atoms with Gasteiger partial charge in [-0.3, -0.25) is 4.79 Å². The molecule has 2 aliphatic rings. The van der Waals surface area contributed by atoms with E-state index in [0.29, 0.717) is 6.04 Å². The van der Waals surface area contributed by atoms with Gasteiger partial charge in [0.15, 0.2) is 0 Å². The van der Waals surface area contributed by atoms with E-state index in [1.807, 2.05) is 11.9 Å². The first-order chi connectivity index (χ1) is 6.18. The summed E-state index contributed by atoms with van der Waals surface area (Å²) >= 11 is 0. The van der Waals surface area contributed by atoms with Crippen LogP contribution in [0.15, 0.2) is 0 Å². The molecule has 1 amide bonds. The van der Waals surface area contributed by atoms with Crippen LogP contribution < -0.4 is 5.32 Å². The minimum Gasteiger partial charge on any atom is -0.344 e. The van der Waals surface area contributed by atoms with Crippen LogP contribution in [0, 0.1) is 5.92 Å². The zero-order chi connectivity index (χ0) is 9.42. The molecule has 2 unspecified atom stereocenters. The summed E-state index contributed by atoms with van der Waals surface area (Å²) in [7, 11) is 1.88. The highest BCUT2D eigenvalue weighted by Gasteiger charge is 2.34. The van der Waals surface area contributed by atoms with Gasteiger partial charge in [-0.2, -0.15) is 0 Å². The van der Waals surface area contributed by atoms with E-state index in [-0.39, 0.29) is 11.9 Å². The molecule has 2 rings (SSSR count). The van der Waals surface area contributed by atoms with E-state index in [4.69, 9.17) is 0 Å². The second kappa shape index (κ2) is 3.29. The topological polar surface area (TPSA) is 32.3 Å². The smallest absolute Gasteiger partial charge is 0.239 e. The van der Waals surface area contributed by atoms with Gasteiger partial charge in [0, 0.05) is 19.6 Å². The molecule has 2 fully saturated rings. The molecule has 1 aliphatic carbocycles. The van der Waals surface area contributed by atoms with Crippen LogP contribution in [-0.4, -0.2) is 36.5 Å². The highest BCUT2D eigenvalue weighted by Crippen LogP contribution is 2.32. The van der Waals surface area contributed by atoms with Crippen molar-refractivity contribution >= 4 is 5.91 Å². The zero-order valence-electron chi connectivity index (χ0n) is 8.42. The first-order valence-corrected chi connectivity index (χ1v) is 5.19. The van der Waals surface area contributed by atoms with Crippen molar-refractivity contribution in [2.24, 2.45) is 5.92 Å². The Kier molecular flexibility index (Phi) is 2.28. The Morgan fingerprint density at radius 2 is 2.15 bits per heavy atom. The molecule has 1 saturated carbocycles. The highest BCUT2D eigenvalue weighted by molar-refractivity contribution is 5.83. The fourth-order valence-electron chi connectivity index (χ4n) is 2.03. The Morgan fingerprint density at radius 3 is 2.62 bits per heavy atom. The summed E-state index contributed by atoms with van der Waals surface area (Å²) in [6, 6.07) is 0.626. The van der Waals surface area contributed by atoms with E-state index in [1.165, 1.54) is 12.8 Å². The van der Waals surface area contributed by atoms with Crippen LogP contribution in [0.1, 0.15) is 26.2 Å².